The van der Waals surface area contributed by atoms with E-state index in [0.717, 1.165) is 12.3 Å². The molecule has 0 N–H and O–H groups in total. The molecular weight excluding hydrogens is 180 g/mol. The van der Waals surface area contributed by atoms with Crippen LogP contribution in [0, 0.1) is 5.92 Å². The molecule has 1 unspecified atom stereocenters. The maximum absolute atomic E-state index is 3.00. The van der Waals surface area contributed by atoms with Crippen LogP contribution >= 0.6 is 0 Å². The molecule has 0 bridgehead atoms. The fourth-order valence-electron chi connectivity index (χ4n) is 1.22. The molecule has 88 valence electrons. The third-order valence-electron chi connectivity index (χ3n) is 2.46. The second kappa shape index (κ2) is 11.3. The first-order valence-electron chi connectivity index (χ1n) is 5.94. The van der Waals surface area contributed by atoms with Gasteiger partial charge in [0.1, 0.15) is 0 Å². The Labute approximate surface area is 96.8 Å². The Balaban J connectivity index is 0. The van der Waals surface area contributed by atoms with E-state index < -0.39 is 0 Å². The van der Waals surface area contributed by atoms with Gasteiger partial charge in [-0.15, -0.1) is 13.2 Å². The average molecular weight is 208 g/mol. The summed E-state index contributed by atoms with van der Waals surface area (Å²) in [5.74, 6) is 0.811. The highest BCUT2D eigenvalue weighted by molar-refractivity contribution is 5.23. The Hall–Kier alpha value is -0.780. The van der Waals surface area contributed by atoms with Gasteiger partial charge in [0.05, 0.1) is 0 Å². The minimum atomic E-state index is 0.811. The summed E-state index contributed by atoms with van der Waals surface area (Å²) in [5.41, 5.74) is 2.99. The summed E-state index contributed by atoms with van der Waals surface area (Å²) < 4.78 is 0. The van der Waals surface area contributed by atoms with Crippen LogP contribution in [0.25, 0.3) is 0 Å². The van der Waals surface area contributed by atoms with Gasteiger partial charge in [-0.25, -0.2) is 0 Å². The molecule has 0 aliphatic heterocycles. The minimum Gasteiger partial charge on any atom is -0.106 e. The van der Waals surface area contributed by atoms with Gasteiger partial charge < -0.3 is 0 Å². The molecule has 0 amide bonds. The van der Waals surface area contributed by atoms with Crippen molar-refractivity contribution in [2.24, 2.45) is 5.92 Å². The molecule has 0 aromatic carbocycles. The summed E-state index contributed by atoms with van der Waals surface area (Å²) in [5, 5.41) is 0. The van der Waals surface area contributed by atoms with Crippen LogP contribution in [0.5, 0.6) is 0 Å². The Morgan fingerprint density at radius 3 is 2.07 bits per heavy atom. The zero-order chi connectivity index (χ0) is 12.3. The van der Waals surface area contributed by atoms with E-state index in [-0.39, 0.29) is 0 Å². The molecule has 0 aliphatic carbocycles. The summed E-state index contributed by atoms with van der Waals surface area (Å²) in [6.45, 7) is 17.2. The zero-order valence-corrected chi connectivity index (χ0v) is 11.3. The molecule has 0 saturated carbocycles. The van der Waals surface area contributed by atoms with E-state index >= 15 is 0 Å². The Bertz CT molecular complexity index is 192. The molecule has 0 aromatic heterocycles. The maximum Gasteiger partial charge on any atom is -0.0254 e. The van der Waals surface area contributed by atoms with E-state index in [1.807, 2.05) is 0 Å². The predicted molar refractivity (Wildman–Crippen MR) is 73.1 cm³/mol. The van der Waals surface area contributed by atoms with Crippen LogP contribution in [-0.2, 0) is 0 Å². The van der Waals surface area contributed by atoms with Crippen molar-refractivity contribution in [1.29, 1.82) is 0 Å². The predicted octanol–water partition coefficient (Wildman–Crippen LogP) is 5.53. The van der Waals surface area contributed by atoms with Crippen LogP contribution in [0.2, 0.25) is 0 Å². The first-order valence-corrected chi connectivity index (χ1v) is 5.94. The summed E-state index contributed by atoms with van der Waals surface area (Å²) in [6.07, 6.45) is 8.19. The Morgan fingerprint density at radius 2 is 1.73 bits per heavy atom. The van der Waals surface area contributed by atoms with Crippen molar-refractivity contribution in [3.63, 3.8) is 0 Å². The molecule has 0 nitrogen and oxygen atoms in total. The fraction of sp³-hybridized carbons (Fsp3) is 0.600. The summed E-state index contributed by atoms with van der Waals surface area (Å²) >= 11 is 0. The summed E-state index contributed by atoms with van der Waals surface area (Å²) in [7, 11) is 0. The van der Waals surface area contributed by atoms with Gasteiger partial charge in [0, 0.05) is 0 Å². The fourth-order valence-corrected chi connectivity index (χ4v) is 1.22. The molecule has 0 heterocycles. The lowest BCUT2D eigenvalue weighted by Crippen LogP contribution is -1.95. The van der Waals surface area contributed by atoms with Gasteiger partial charge in [0.15, 0.2) is 0 Å². The maximum atomic E-state index is 3.00. The van der Waals surface area contributed by atoms with Crippen molar-refractivity contribution in [1.82, 2.24) is 0 Å². The van der Waals surface area contributed by atoms with Crippen molar-refractivity contribution in [3.8, 4) is 0 Å². The lowest BCUT2D eigenvalue weighted by Gasteiger charge is -2.10. The van der Waals surface area contributed by atoms with E-state index in [2.05, 4.69) is 59.9 Å². The minimum absolute atomic E-state index is 0.811. The van der Waals surface area contributed by atoms with E-state index in [4.69, 9.17) is 0 Å². The SMILES string of the molecule is C=C.CC/C=C\C(CC(C)CC)=C(C)C. The van der Waals surface area contributed by atoms with E-state index in [1.165, 1.54) is 24.0 Å². The van der Waals surface area contributed by atoms with Crippen molar-refractivity contribution in [2.75, 3.05) is 0 Å². The van der Waals surface area contributed by atoms with Crippen LogP contribution in [-0.4, -0.2) is 0 Å². The van der Waals surface area contributed by atoms with Crippen molar-refractivity contribution in [2.45, 2.75) is 53.9 Å². The number of hydrogen-bond donors (Lipinski definition) is 0. The van der Waals surface area contributed by atoms with Crippen molar-refractivity contribution >= 4 is 0 Å². The van der Waals surface area contributed by atoms with Crippen molar-refractivity contribution < 1.29 is 0 Å². The van der Waals surface area contributed by atoms with Gasteiger partial charge in [0.2, 0.25) is 0 Å². The first kappa shape index (κ1) is 16.6. The zero-order valence-electron chi connectivity index (χ0n) is 11.3. The molecule has 0 rings (SSSR count). The highest BCUT2D eigenvalue weighted by Gasteiger charge is 2.02. The molecular formula is C15H28. The third kappa shape index (κ3) is 9.52. The van der Waals surface area contributed by atoms with E-state index in [0.29, 0.717) is 0 Å². The smallest absolute Gasteiger partial charge is 0.0254 e. The molecule has 15 heavy (non-hydrogen) atoms. The monoisotopic (exact) mass is 208 g/mol. The van der Waals surface area contributed by atoms with Crippen LogP contribution in [0.1, 0.15) is 53.9 Å². The Morgan fingerprint density at radius 1 is 1.20 bits per heavy atom. The van der Waals surface area contributed by atoms with Crippen LogP contribution in [0.3, 0.4) is 0 Å². The van der Waals surface area contributed by atoms with Crippen LogP contribution in [0.15, 0.2) is 36.5 Å². The van der Waals surface area contributed by atoms with Gasteiger partial charge in [-0.05, 0) is 38.2 Å². The van der Waals surface area contributed by atoms with E-state index in [9.17, 15) is 0 Å². The van der Waals surface area contributed by atoms with E-state index in [1.54, 1.807) is 0 Å². The van der Waals surface area contributed by atoms with Crippen molar-refractivity contribution in [3.05, 3.63) is 36.5 Å². The third-order valence-corrected chi connectivity index (χ3v) is 2.46. The van der Waals surface area contributed by atoms with Gasteiger partial charge in [-0.1, -0.05) is 44.9 Å². The van der Waals surface area contributed by atoms with Gasteiger partial charge in [-0.3, -0.25) is 0 Å². The largest absolute Gasteiger partial charge is 0.106 e. The summed E-state index contributed by atoms with van der Waals surface area (Å²) in [6, 6.07) is 0. The van der Waals surface area contributed by atoms with Gasteiger partial charge in [0.25, 0.3) is 0 Å². The van der Waals surface area contributed by atoms with Crippen LogP contribution < -0.4 is 0 Å². The highest BCUT2D eigenvalue weighted by Crippen LogP contribution is 2.18. The molecule has 0 fully saturated rings. The molecule has 0 heteroatoms. The molecule has 0 radical (unpaired) electrons. The Kier molecular flexibility index (Phi) is 12.5. The lowest BCUT2D eigenvalue weighted by molar-refractivity contribution is 0.560. The number of rotatable bonds is 5. The standard InChI is InChI=1S/C13H24.C2H4/c1-6-8-9-13(11(3)4)10-12(5)7-2;1-2/h8-9,12H,6-7,10H2,1-5H3;1-2H2/b9-8-;. The first-order chi connectivity index (χ1) is 7.11. The molecule has 1 atom stereocenters. The molecule has 0 aromatic rings. The van der Waals surface area contributed by atoms with Gasteiger partial charge >= 0.3 is 0 Å². The normalized spacial score (nSPS) is 11.8. The topological polar surface area (TPSA) is 0 Å². The summed E-state index contributed by atoms with van der Waals surface area (Å²) in [4.78, 5) is 0. The molecule has 0 aliphatic rings. The molecule has 0 saturated heterocycles. The highest BCUT2D eigenvalue weighted by atomic mass is 14.1. The molecule has 0 spiro atoms. The lowest BCUT2D eigenvalue weighted by atomic mass is 9.95. The van der Waals surface area contributed by atoms with Crippen LogP contribution in [0.4, 0.5) is 0 Å². The number of allylic oxidation sites excluding steroid dienone is 4. The quantitative estimate of drug-likeness (QED) is 0.412. The second-order valence-corrected chi connectivity index (χ2v) is 4.05. The van der Waals surface area contributed by atoms with Gasteiger partial charge in [-0.2, -0.15) is 0 Å². The number of hydrogen-bond acceptors (Lipinski definition) is 0. The average Bonchev–Trinajstić information content (AvgIpc) is 2.26. The second-order valence-electron chi connectivity index (χ2n) is 4.05.